The van der Waals surface area contributed by atoms with Crippen molar-refractivity contribution >= 4 is 39.1 Å². The maximum atomic E-state index is 13.6. The van der Waals surface area contributed by atoms with Crippen molar-refractivity contribution in [3.05, 3.63) is 28.1 Å². The van der Waals surface area contributed by atoms with Crippen LogP contribution in [0.5, 0.6) is 0 Å². The zero-order chi connectivity index (χ0) is 21.8. The summed E-state index contributed by atoms with van der Waals surface area (Å²) in [6.45, 7) is 1.59. The van der Waals surface area contributed by atoms with Crippen LogP contribution >= 0.6 is 15.9 Å². The Labute approximate surface area is 176 Å². The summed E-state index contributed by atoms with van der Waals surface area (Å²) >= 11 is 3.24. The summed E-state index contributed by atoms with van der Waals surface area (Å²) in [5.74, 6) is -1.09. The van der Waals surface area contributed by atoms with Crippen LogP contribution in [0.15, 0.2) is 21.0 Å². The highest BCUT2D eigenvalue weighted by Crippen LogP contribution is 2.47. The predicted octanol–water partition coefficient (Wildman–Crippen LogP) is 3.70. The Balaban J connectivity index is 1.89. The van der Waals surface area contributed by atoms with E-state index in [0.29, 0.717) is 23.9 Å². The summed E-state index contributed by atoms with van der Waals surface area (Å²) in [5, 5.41) is 12.9. The smallest absolute Gasteiger partial charge is 0.429 e. The quantitative estimate of drug-likeness (QED) is 0.630. The number of hydrogen-bond donors (Lipinski definition) is 2. The number of alkyl halides is 3. The molecule has 2 N–H and O–H groups in total. The minimum absolute atomic E-state index is 0.00602. The van der Waals surface area contributed by atoms with E-state index in [1.54, 1.807) is 0 Å². The molecule has 1 aromatic carbocycles. The fourth-order valence-electron chi connectivity index (χ4n) is 4.32. The largest absolute Gasteiger partial charge is 0.465 e. The number of nitrogens with one attached hydrogen (secondary N) is 1. The minimum Gasteiger partial charge on any atom is -0.465 e. The van der Waals surface area contributed by atoms with Gasteiger partial charge in [0.25, 0.3) is 0 Å². The summed E-state index contributed by atoms with van der Waals surface area (Å²) in [4.78, 5) is 28.8. The Morgan fingerprint density at radius 2 is 2.20 bits per heavy atom. The summed E-state index contributed by atoms with van der Waals surface area (Å²) in [5.41, 5.74) is -1.63. The van der Waals surface area contributed by atoms with E-state index in [4.69, 9.17) is 4.42 Å². The highest BCUT2D eigenvalue weighted by molar-refractivity contribution is 9.10. The van der Waals surface area contributed by atoms with Crippen molar-refractivity contribution in [1.82, 2.24) is 15.2 Å². The molecule has 0 spiro atoms. The van der Waals surface area contributed by atoms with Crippen molar-refractivity contribution in [3.63, 3.8) is 0 Å². The Morgan fingerprint density at radius 3 is 2.83 bits per heavy atom. The molecule has 3 heterocycles. The topological polar surface area (TPSA) is 105 Å². The molecule has 2 bridgehead atoms. The maximum absolute atomic E-state index is 13.6. The van der Waals surface area contributed by atoms with Crippen LogP contribution in [0, 0.1) is 0 Å². The normalized spacial score (nSPS) is 24.8. The molecule has 2 fully saturated rings. The van der Waals surface area contributed by atoms with Crippen LogP contribution in [0.4, 0.5) is 18.0 Å². The van der Waals surface area contributed by atoms with Crippen molar-refractivity contribution < 1.29 is 37.0 Å². The zero-order valence-electron chi connectivity index (χ0n) is 15.6. The van der Waals surface area contributed by atoms with Gasteiger partial charge >= 0.3 is 18.2 Å². The van der Waals surface area contributed by atoms with Gasteiger partial charge in [-0.25, -0.2) is 9.78 Å². The minimum atomic E-state index is -4.87. The van der Waals surface area contributed by atoms with E-state index in [9.17, 15) is 27.9 Å². The number of carbonyl (C=O) groups is 2. The number of benzene rings is 1. The molecule has 0 saturated carbocycles. The molecule has 0 radical (unpaired) electrons. The summed E-state index contributed by atoms with van der Waals surface area (Å²) in [6, 6.07) is 2.22. The Morgan fingerprint density at radius 1 is 1.47 bits per heavy atom. The molecular weight excluding hydrogens is 475 g/mol. The van der Waals surface area contributed by atoms with Crippen LogP contribution in [0.3, 0.4) is 0 Å². The molecule has 2 aliphatic heterocycles. The molecule has 2 saturated heterocycles. The number of carbonyl (C=O) groups excluding carboxylic acids is 1. The van der Waals surface area contributed by atoms with Crippen molar-refractivity contribution in [2.45, 2.75) is 43.6 Å². The van der Waals surface area contributed by atoms with Crippen LogP contribution < -0.4 is 5.32 Å². The zero-order valence-corrected chi connectivity index (χ0v) is 17.2. The van der Waals surface area contributed by atoms with E-state index in [2.05, 4.69) is 31.0 Å². The first-order chi connectivity index (χ1) is 14.0. The molecule has 3 unspecified atom stereocenters. The van der Waals surface area contributed by atoms with E-state index in [0.717, 1.165) is 13.0 Å². The van der Waals surface area contributed by atoms with Crippen molar-refractivity contribution in [2.75, 3.05) is 13.1 Å². The van der Waals surface area contributed by atoms with Gasteiger partial charge in [0.2, 0.25) is 12.0 Å². The standard InChI is InChI=1S/C18H17BrF3N3O5/c1-8(26)29-14(18(20,21)22)10-2-3-11(19)13-12(10)24-15(30-13)17-5-4-9(6-23-7-17)25(17)16(27)28/h2-3,9,14,23H,4-7H2,1H3,(H,27,28). The van der Waals surface area contributed by atoms with Crippen LogP contribution in [-0.4, -0.2) is 52.4 Å². The Hall–Kier alpha value is -2.34. The van der Waals surface area contributed by atoms with Gasteiger partial charge < -0.3 is 19.6 Å². The van der Waals surface area contributed by atoms with Gasteiger partial charge in [-0.1, -0.05) is 6.07 Å². The number of nitrogens with zero attached hydrogens (tertiary/aromatic N) is 2. The molecule has 2 aromatic rings. The molecule has 8 nitrogen and oxygen atoms in total. The summed E-state index contributed by atoms with van der Waals surface area (Å²) in [6.07, 6.45) is -7.55. The van der Waals surface area contributed by atoms with E-state index >= 15 is 0 Å². The number of oxazole rings is 1. The van der Waals surface area contributed by atoms with Crippen LogP contribution in [0.1, 0.15) is 37.3 Å². The summed E-state index contributed by atoms with van der Waals surface area (Å²) in [7, 11) is 0. The van der Waals surface area contributed by atoms with Gasteiger partial charge in [-0.05, 0) is 34.8 Å². The van der Waals surface area contributed by atoms with Crippen molar-refractivity contribution in [3.8, 4) is 0 Å². The molecule has 162 valence electrons. The van der Waals surface area contributed by atoms with E-state index < -0.39 is 29.9 Å². The molecule has 0 aliphatic carbocycles. The predicted molar refractivity (Wildman–Crippen MR) is 99.7 cm³/mol. The van der Waals surface area contributed by atoms with Crippen molar-refractivity contribution in [2.24, 2.45) is 0 Å². The lowest BCUT2D eigenvalue weighted by Crippen LogP contribution is -2.60. The number of aromatic nitrogens is 1. The number of piperazine rings is 1. The van der Waals surface area contributed by atoms with Gasteiger partial charge in [0.15, 0.2) is 5.58 Å². The van der Waals surface area contributed by atoms with Gasteiger partial charge in [0.05, 0.1) is 4.47 Å². The van der Waals surface area contributed by atoms with Crippen molar-refractivity contribution in [1.29, 1.82) is 0 Å². The van der Waals surface area contributed by atoms with Gasteiger partial charge in [0, 0.05) is 31.6 Å². The lowest BCUT2D eigenvalue weighted by molar-refractivity contribution is -0.222. The molecule has 3 atom stereocenters. The number of hydrogen-bond acceptors (Lipinski definition) is 6. The number of fused-ring (bicyclic) bond motifs is 3. The second-order valence-electron chi connectivity index (χ2n) is 7.37. The lowest BCUT2D eigenvalue weighted by Gasteiger charge is -2.41. The fraction of sp³-hybridized carbons (Fsp3) is 0.500. The first-order valence-electron chi connectivity index (χ1n) is 9.11. The van der Waals surface area contributed by atoms with Gasteiger partial charge in [-0.3, -0.25) is 9.69 Å². The molecular formula is C18H17BrF3N3O5. The molecule has 30 heavy (non-hydrogen) atoms. The van der Waals surface area contributed by atoms with Gasteiger partial charge in [-0.15, -0.1) is 0 Å². The lowest BCUT2D eigenvalue weighted by atomic mass is 9.95. The first-order valence-corrected chi connectivity index (χ1v) is 9.90. The number of amides is 1. The Kier molecular flexibility index (Phi) is 4.96. The average molecular weight is 492 g/mol. The number of rotatable bonds is 3. The number of carboxylic acid groups (broad SMARTS) is 1. The Bertz CT molecular complexity index is 1020. The third kappa shape index (κ3) is 3.22. The van der Waals surface area contributed by atoms with E-state index in [1.165, 1.54) is 11.0 Å². The first kappa shape index (κ1) is 20.9. The highest BCUT2D eigenvalue weighted by Gasteiger charge is 2.56. The average Bonchev–Trinajstić information content (AvgIpc) is 3.19. The third-order valence-electron chi connectivity index (χ3n) is 5.51. The van der Waals surface area contributed by atoms with Crippen LogP contribution in [0.25, 0.3) is 11.1 Å². The van der Waals surface area contributed by atoms with E-state index in [-0.39, 0.29) is 35.1 Å². The SMILES string of the molecule is CC(=O)OC(c1ccc(Br)c2oc(C34CCC(CNC3)N4C(=O)O)nc12)C(F)(F)F. The third-order valence-corrected chi connectivity index (χ3v) is 6.13. The van der Waals surface area contributed by atoms with E-state index in [1.807, 2.05) is 0 Å². The number of halogens is 4. The molecule has 1 aromatic heterocycles. The molecule has 12 heteroatoms. The second kappa shape index (κ2) is 7.12. The monoisotopic (exact) mass is 491 g/mol. The number of esters is 1. The second-order valence-corrected chi connectivity index (χ2v) is 8.23. The van der Waals surface area contributed by atoms with Crippen LogP contribution in [-0.2, 0) is 15.1 Å². The molecule has 2 aliphatic rings. The van der Waals surface area contributed by atoms with Crippen LogP contribution in [0.2, 0.25) is 0 Å². The fourth-order valence-corrected chi connectivity index (χ4v) is 4.72. The van der Waals surface area contributed by atoms with Gasteiger partial charge in [-0.2, -0.15) is 13.2 Å². The summed E-state index contributed by atoms with van der Waals surface area (Å²) < 4.78 is 51.6. The van der Waals surface area contributed by atoms with Gasteiger partial charge in [0.1, 0.15) is 11.1 Å². The maximum Gasteiger partial charge on any atom is 0.429 e. The molecule has 4 rings (SSSR count). The number of ether oxygens (including phenoxy) is 1. The highest BCUT2D eigenvalue weighted by atomic mass is 79.9. The molecule has 1 amide bonds.